The zero-order valence-electron chi connectivity index (χ0n) is 14.5. The highest BCUT2D eigenvalue weighted by atomic mass is 32.2. The van der Waals surface area contributed by atoms with Crippen LogP contribution in [0, 0.1) is 19.7 Å². The van der Waals surface area contributed by atoms with E-state index in [1.807, 2.05) is 32.0 Å². The van der Waals surface area contributed by atoms with Gasteiger partial charge in [-0.15, -0.1) is 5.10 Å². The fraction of sp³-hybridized carbons (Fsp3) is 0.222. The van der Waals surface area contributed by atoms with E-state index in [9.17, 15) is 4.39 Å². The molecule has 0 atom stereocenters. The Kier molecular flexibility index (Phi) is 6.55. The number of hydrogen-bond donors (Lipinski definition) is 1. The van der Waals surface area contributed by atoms with E-state index in [-0.39, 0.29) is 5.75 Å². The second kappa shape index (κ2) is 8.64. The molecule has 0 amide bonds. The number of methoxy groups -OCH3 is 1. The van der Waals surface area contributed by atoms with Gasteiger partial charge in [0.05, 0.1) is 12.8 Å². The van der Waals surface area contributed by atoms with E-state index >= 15 is 0 Å². The van der Waals surface area contributed by atoms with Crippen LogP contribution in [0.3, 0.4) is 0 Å². The molecule has 0 spiro atoms. The maximum atomic E-state index is 13.8. The summed E-state index contributed by atoms with van der Waals surface area (Å²) >= 11 is 1.35. The molecule has 0 bridgehead atoms. The number of ether oxygens (including phenoxy) is 1. The first-order chi connectivity index (χ1) is 12.0. The Balaban J connectivity index is 2.17. The number of amidine groups is 1. The van der Waals surface area contributed by atoms with Crippen molar-refractivity contribution in [2.75, 3.05) is 12.1 Å². The summed E-state index contributed by atoms with van der Waals surface area (Å²) in [5.41, 5.74) is 3.78. The summed E-state index contributed by atoms with van der Waals surface area (Å²) in [5, 5.41) is 9.54. The van der Waals surface area contributed by atoms with Gasteiger partial charge in [0, 0.05) is 12.5 Å². The van der Waals surface area contributed by atoms with Gasteiger partial charge in [-0.2, -0.15) is 5.10 Å². The van der Waals surface area contributed by atoms with Crippen LogP contribution in [0.5, 0.6) is 5.75 Å². The molecule has 2 N–H and O–H groups in total. The summed E-state index contributed by atoms with van der Waals surface area (Å²) in [6.45, 7) is 7.39. The first-order valence-electron chi connectivity index (χ1n) is 7.57. The van der Waals surface area contributed by atoms with E-state index in [0.717, 1.165) is 22.4 Å². The van der Waals surface area contributed by atoms with Crippen molar-refractivity contribution in [3.8, 4) is 5.75 Å². The van der Waals surface area contributed by atoms with Crippen molar-refractivity contribution >= 4 is 29.3 Å². The minimum atomic E-state index is -0.403. The predicted molar refractivity (Wildman–Crippen MR) is 104 cm³/mol. The van der Waals surface area contributed by atoms with Crippen LogP contribution in [0.15, 0.2) is 46.6 Å². The van der Waals surface area contributed by atoms with Gasteiger partial charge in [-0.1, -0.05) is 35.5 Å². The van der Waals surface area contributed by atoms with Gasteiger partial charge in [0.25, 0.3) is 0 Å². The maximum absolute atomic E-state index is 13.8. The molecule has 0 aliphatic carbocycles. The molecule has 132 valence electrons. The number of rotatable bonds is 5. The number of hydrogen-bond acceptors (Lipinski definition) is 5. The lowest BCUT2D eigenvalue weighted by Gasteiger charge is -2.21. The van der Waals surface area contributed by atoms with Crippen LogP contribution in [-0.4, -0.2) is 19.0 Å². The third kappa shape index (κ3) is 4.80. The largest absolute Gasteiger partial charge is 0.494 e. The smallest absolute Gasteiger partial charge is 0.204 e. The lowest BCUT2D eigenvalue weighted by Crippen LogP contribution is -2.36. The van der Waals surface area contributed by atoms with Gasteiger partial charge in [-0.05, 0) is 43.2 Å². The summed E-state index contributed by atoms with van der Waals surface area (Å²) in [6.07, 6.45) is 0. The van der Waals surface area contributed by atoms with E-state index < -0.39 is 5.82 Å². The molecule has 0 saturated carbocycles. The topological polar surface area (TPSA) is 63.2 Å². The van der Waals surface area contributed by atoms with Crippen molar-refractivity contribution in [3.63, 3.8) is 0 Å². The van der Waals surface area contributed by atoms with Gasteiger partial charge in [0.1, 0.15) is 0 Å². The quantitative estimate of drug-likeness (QED) is 0.378. The van der Waals surface area contributed by atoms with Gasteiger partial charge in [-0.3, -0.25) is 5.01 Å². The van der Waals surface area contributed by atoms with E-state index in [2.05, 4.69) is 16.9 Å². The molecule has 0 fully saturated rings. The van der Waals surface area contributed by atoms with Gasteiger partial charge < -0.3 is 4.74 Å². The molecular weight excluding hydrogens is 339 g/mol. The molecule has 7 heteroatoms. The van der Waals surface area contributed by atoms with E-state index in [1.165, 1.54) is 29.9 Å². The molecule has 2 aromatic carbocycles. The van der Waals surface area contributed by atoms with Crippen LogP contribution in [0.25, 0.3) is 0 Å². The van der Waals surface area contributed by atoms with Crippen molar-refractivity contribution in [1.82, 2.24) is 0 Å². The Morgan fingerprint density at radius 2 is 2.04 bits per heavy atom. The third-order valence-corrected chi connectivity index (χ3v) is 4.57. The summed E-state index contributed by atoms with van der Waals surface area (Å²) in [5.74, 6) is 6.51. The Hall–Kier alpha value is -2.38. The van der Waals surface area contributed by atoms with Gasteiger partial charge in [0.15, 0.2) is 11.6 Å². The number of thioether (sulfide) groups is 1. The molecule has 0 heterocycles. The molecule has 0 unspecified atom stereocenters. The molecule has 0 aliphatic heterocycles. The molecule has 0 saturated heterocycles. The second-order valence-corrected chi connectivity index (χ2v) is 6.38. The van der Waals surface area contributed by atoms with Crippen molar-refractivity contribution in [1.29, 1.82) is 0 Å². The standard InChI is InChI=1S/C18H21FN4OS/c1-12-5-7-16(13(2)9-12)23(20)18(22-21-3)25-11-14-6-8-17(24-4)15(19)10-14/h5-10H,3,11,20H2,1-2,4H3/b22-18+. The Morgan fingerprint density at radius 3 is 2.64 bits per heavy atom. The highest BCUT2D eigenvalue weighted by molar-refractivity contribution is 8.13. The fourth-order valence-corrected chi connectivity index (χ4v) is 3.16. The van der Waals surface area contributed by atoms with E-state index in [0.29, 0.717) is 10.9 Å². The summed E-state index contributed by atoms with van der Waals surface area (Å²) in [4.78, 5) is 0. The summed E-state index contributed by atoms with van der Waals surface area (Å²) in [6, 6.07) is 10.8. The SMILES string of the molecule is C=N/N=C(/SCc1ccc(OC)c(F)c1)N(N)c1ccc(C)cc1C. The molecule has 0 aliphatic rings. The second-order valence-electron chi connectivity index (χ2n) is 5.44. The lowest BCUT2D eigenvalue weighted by molar-refractivity contribution is 0.386. The predicted octanol–water partition coefficient (Wildman–Crippen LogP) is 4.04. The highest BCUT2D eigenvalue weighted by Gasteiger charge is 2.14. The lowest BCUT2D eigenvalue weighted by atomic mass is 10.1. The van der Waals surface area contributed by atoms with Crippen molar-refractivity contribution in [2.24, 2.45) is 16.0 Å². The van der Waals surface area contributed by atoms with E-state index in [4.69, 9.17) is 10.6 Å². The maximum Gasteiger partial charge on any atom is 0.204 e. The summed E-state index contributed by atoms with van der Waals surface area (Å²) in [7, 11) is 1.43. The average Bonchev–Trinajstić information content (AvgIpc) is 2.58. The molecule has 0 aromatic heterocycles. The van der Waals surface area contributed by atoms with Crippen LogP contribution in [-0.2, 0) is 5.75 Å². The molecule has 2 aromatic rings. The van der Waals surface area contributed by atoms with Crippen molar-refractivity contribution in [3.05, 3.63) is 58.9 Å². The molecule has 25 heavy (non-hydrogen) atoms. The van der Waals surface area contributed by atoms with E-state index in [1.54, 1.807) is 12.1 Å². The minimum Gasteiger partial charge on any atom is -0.494 e. The molecule has 2 rings (SSSR count). The van der Waals surface area contributed by atoms with Crippen molar-refractivity contribution < 1.29 is 9.13 Å². The van der Waals surface area contributed by atoms with Crippen LogP contribution < -0.4 is 15.6 Å². The van der Waals surface area contributed by atoms with Crippen LogP contribution in [0.2, 0.25) is 0 Å². The van der Waals surface area contributed by atoms with Crippen LogP contribution >= 0.6 is 11.8 Å². The molecular formula is C18H21FN4OS. The normalized spacial score (nSPS) is 11.3. The summed E-state index contributed by atoms with van der Waals surface area (Å²) < 4.78 is 18.7. The Labute approximate surface area is 151 Å². The minimum absolute atomic E-state index is 0.214. The Bertz CT molecular complexity index is 795. The van der Waals surface area contributed by atoms with Gasteiger partial charge >= 0.3 is 0 Å². The fourth-order valence-electron chi connectivity index (χ4n) is 2.33. The number of hydrazine groups is 1. The number of aryl methyl sites for hydroxylation is 2. The third-order valence-electron chi connectivity index (χ3n) is 3.56. The van der Waals surface area contributed by atoms with Crippen LogP contribution in [0.1, 0.15) is 16.7 Å². The zero-order valence-corrected chi connectivity index (χ0v) is 15.3. The number of nitrogens with two attached hydrogens (primary N) is 1. The highest BCUT2D eigenvalue weighted by Crippen LogP contribution is 2.25. The van der Waals surface area contributed by atoms with Gasteiger partial charge in [-0.25, -0.2) is 10.2 Å². The first kappa shape index (κ1) is 19.0. The number of anilines is 1. The Morgan fingerprint density at radius 1 is 1.28 bits per heavy atom. The average molecular weight is 360 g/mol. The van der Waals surface area contributed by atoms with Crippen LogP contribution in [0.4, 0.5) is 10.1 Å². The van der Waals surface area contributed by atoms with Crippen molar-refractivity contribution in [2.45, 2.75) is 19.6 Å². The first-order valence-corrected chi connectivity index (χ1v) is 8.55. The van der Waals surface area contributed by atoms with Gasteiger partial charge in [0.2, 0.25) is 5.17 Å². The molecule has 0 radical (unpaired) electrons. The molecule has 5 nitrogen and oxygen atoms in total. The number of nitrogens with zero attached hydrogens (tertiary/aromatic N) is 3. The zero-order chi connectivity index (χ0) is 18.4. The number of benzene rings is 2. The monoisotopic (exact) mass is 360 g/mol. The number of halogens is 1.